The Labute approximate surface area is 190 Å². The molecule has 0 bridgehead atoms. The molecule has 1 aliphatic heterocycles. The second-order valence-corrected chi connectivity index (χ2v) is 8.08. The molecule has 1 aliphatic rings. The number of nitrogens with zero attached hydrogens (tertiary/aromatic N) is 2. The Balaban J connectivity index is 1.49. The number of carbonyl (C=O) groups is 1. The highest BCUT2D eigenvalue weighted by atomic mass is 16.3. The fourth-order valence-corrected chi connectivity index (χ4v) is 3.80. The third-order valence-corrected chi connectivity index (χ3v) is 5.54. The third kappa shape index (κ3) is 6.90. The third-order valence-electron chi connectivity index (χ3n) is 5.54. The van der Waals surface area contributed by atoms with Crippen molar-refractivity contribution < 1.29 is 9.90 Å². The first kappa shape index (κ1) is 23.4. The Morgan fingerprint density at radius 3 is 2.66 bits per heavy atom. The van der Waals surface area contributed by atoms with Gasteiger partial charge < -0.3 is 26.0 Å². The first-order chi connectivity index (χ1) is 15.6. The molecule has 32 heavy (non-hydrogen) atoms. The number of hydrogen-bond acceptors (Lipinski definition) is 4. The second kappa shape index (κ2) is 12.0. The number of aliphatic imine (C=N–C) groups is 1. The molecule has 0 spiro atoms. The summed E-state index contributed by atoms with van der Waals surface area (Å²) in [5.74, 6) is 0.663. The van der Waals surface area contributed by atoms with Gasteiger partial charge in [0.25, 0.3) is 5.91 Å². The lowest BCUT2D eigenvalue weighted by molar-refractivity contribution is 0.0953. The average molecular weight is 438 g/mol. The van der Waals surface area contributed by atoms with Gasteiger partial charge in [-0.2, -0.15) is 0 Å². The smallest absolute Gasteiger partial charge is 0.251 e. The van der Waals surface area contributed by atoms with Gasteiger partial charge in [-0.3, -0.25) is 9.79 Å². The van der Waals surface area contributed by atoms with E-state index in [0.717, 1.165) is 32.0 Å². The molecule has 2 aromatic carbocycles. The van der Waals surface area contributed by atoms with E-state index in [9.17, 15) is 9.90 Å². The van der Waals surface area contributed by atoms with E-state index < -0.39 is 0 Å². The fraction of sp³-hybridized carbons (Fsp3) is 0.440. The summed E-state index contributed by atoms with van der Waals surface area (Å²) in [6.45, 7) is 8.35. The van der Waals surface area contributed by atoms with Gasteiger partial charge in [0.15, 0.2) is 5.96 Å². The Hall–Kier alpha value is -3.22. The van der Waals surface area contributed by atoms with E-state index in [0.29, 0.717) is 18.7 Å². The van der Waals surface area contributed by atoms with Gasteiger partial charge in [-0.15, -0.1) is 0 Å². The number of amides is 1. The number of aromatic hydroxyl groups is 1. The van der Waals surface area contributed by atoms with Crippen LogP contribution in [0.4, 0.5) is 5.69 Å². The summed E-state index contributed by atoms with van der Waals surface area (Å²) in [6, 6.07) is 15.2. The summed E-state index contributed by atoms with van der Waals surface area (Å²) in [4.78, 5) is 19.2. The van der Waals surface area contributed by atoms with Crippen LogP contribution >= 0.6 is 0 Å². The van der Waals surface area contributed by atoms with Crippen LogP contribution < -0.4 is 20.9 Å². The fourth-order valence-electron chi connectivity index (χ4n) is 3.80. The summed E-state index contributed by atoms with van der Waals surface area (Å²) in [7, 11) is 0. The Morgan fingerprint density at radius 1 is 1.12 bits per heavy atom. The van der Waals surface area contributed by atoms with Crippen LogP contribution in [0.5, 0.6) is 5.75 Å². The van der Waals surface area contributed by atoms with Crippen molar-refractivity contribution in [1.29, 1.82) is 0 Å². The van der Waals surface area contributed by atoms with Gasteiger partial charge in [-0.05, 0) is 69.0 Å². The predicted octanol–water partition coefficient (Wildman–Crippen LogP) is 3.43. The standard InChI is InChI=1S/C25H35N5O2/c1-3-26-25(28-14-8-13-27-24(32)21-10-7-12-23(31)18-21)29-19(2)20-9-6-11-22(17-20)30-15-4-5-16-30/h6-7,9-12,17-19,31H,3-5,8,13-16H2,1-2H3,(H,27,32)(H2,26,28,29). The first-order valence-corrected chi connectivity index (χ1v) is 11.5. The zero-order valence-electron chi connectivity index (χ0n) is 19.1. The van der Waals surface area contributed by atoms with Crippen LogP contribution in [0.25, 0.3) is 0 Å². The number of carbonyl (C=O) groups excluding carboxylic acids is 1. The second-order valence-electron chi connectivity index (χ2n) is 8.08. The van der Waals surface area contributed by atoms with Crippen molar-refractivity contribution in [1.82, 2.24) is 16.0 Å². The monoisotopic (exact) mass is 437 g/mol. The van der Waals surface area contributed by atoms with Gasteiger partial charge in [0, 0.05) is 44.0 Å². The van der Waals surface area contributed by atoms with Crippen LogP contribution in [0.2, 0.25) is 0 Å². The maximum atomic E-state index is 12.1. The highest BCUT2D eigenvalue weighted by Gasteiger charge is 2.14. The van der Waals surface area contributed by atoms with Crippen LogP contribution in [-0.2, 0) is 0 Å². The van der Waals surface area contributed by atoms with Crippen molar-refractivity contribution >= 4 is 17.6 Å². The number of hydrogen-bond donors (Lipinski definition) is 4. The summed E-state index contributed by atoms with van der Waals surface area (Å²) >= 11 is 0. The van der Waals surface area contributed by atoms with E-state index in [-0.39, 0.29) is 17.7 Å². The van der Waals surface area contributed by atoms with Gasteiger partial charge in [0.1, 0.15) is 5.75 Å². The minimum atomic E-state index is -0.193. The van der Waals surface area contributed by atoms with Crippen molar-refractivity contribution in [2.24, 2.45) is 4.99 Å². The average Bonchev–Trinajstić information content (AvgIpc) is 3.34. The largest absolute Gasteiger partial charge is 0.508 e. The van der Waals surface area contributed by atoms with Gasteiger partial charge in [0.2, 0.25) is 0 Å². The molecule has 1 fully saturated rings. The number of phenols is 1. The molecule has 1 amide bonds. The molecule has 0 aromatic heterocycles. The molecule has 1 saturated heterocycles. The van der Waals surface area contributed by atoms with Gasteiger partial charge in [-0.25, -0.2) is 0 Å². The Kier molecular flexibility index (Phi) is 8.78. The lowest BCUT2D eigenvalue weighted by Gasteiger charge is -2.22. The first-order valence-electron chi connectivity index (χ1n) is 11.5. The molecule has 0 saturated carbocycles. The van der Waals surface area contributed by atoms with Gasteiger partial charge in [-0.1, -0.05) is 18.2 Å². The minimum Gasteiger partial charge on any atom is -0.508 e. The lowest BCUT2D eigenvalue weighted by atomic mass is 10.1. The quantitative estimate of drug-likeness (QED) is 0.274. The Bertz CT molecular complexity index is 909. The van der Waals surface area contributed by atoms with Crippen LogP contribution in [0.15, 0.2) is 53.5 Å². The van der Waals surface area contributed by atoms with E-state index >= 15 is 0 Å². The number of phenolic OH excluding ortho intramolecular Hbond substituents is 1. The van der Waals surface area contributed by atoms with Crippen molar-refractivity contribution in [2.75, 3.05) is 37.6 Å². The zero-order valence-corrected chi connectivity index (χ0v) is 19.1. The van der Waals surface area contributed by atoms with Crippen LogP contribution in [-0.4, -0.2) is 49.7 Å². The molecular weight excluding hydrogens is 402 g/mol. The molecule has 0 radical (unpaired) electrons. The highest BCUT2D eigenvalue weighted by molar-refractivity contribution is 5.94. The summed E-state index contributed by atoms with van der Waals surface area (Å²) in [5.41, 5.74) is 2.98. The molecule has 3 rings (SSSR count). The molecule has 7 heteroatoms. The molecule has 1 unspecified atom stereocenters. The van der Waals surface area contributed by atoms with Crippen molar-refractivity contribution in [3.63, 3.8) is 0 Å². The minimum absolute atomic E-state index is 0.0868. The number of guanidine groups is 1. The summed E-state index contributed by atoms with van der Waals surface area (Å²) < 4.78 is 0. The van der Waals surface area contributed by atoms with Crippen molar-refractivity contribution in [2.45, 2.75) is 39.2 Å². The maximum Gasteiger partial charge on any atom is 0.251 e. The molecule has 1 heterocycles. The van der Waals surface area contributed by atoms with E-state index in [1.165, 1.54) is 30.2 Å². The zero-order chi connectivity index (χ0) is 22.8. The number of anilines is 1. The van der Waals surface area contributed by atoms with Crippen LogP contribution in [0.1, 0.15) is 55.1 Å². The molecule has 0 aliphatic carbocycles. The molecule has 1 atom stereocenters. The molecule has 4 N–H and O–H groups in total. The maximum absolute atomic E-state index is 12.1. The van der Waals surface area contributed by atoms with Crippen molar-refractivity contribution in [3.8, 4) is 5.75 Å². The predicted molar refractivity (Wildman–Crippen MR) is 130 cm³/mol. The van der Waals surface area contributed by atoms with Gasteiger partial charge >= 0.3 is 0 Å². The highest BCUT2D eigenvalue weighted by Crippen LogP contribution is 2.23. The van der Waals surface area contributed by atoms with Crippen LogP contribution in [0.3, 0.4) is 0 Å². The van der Waals surface area contributed by atoms with E-state index in [2.05, 4.69) is 57.0 Å². The molecule has 2 aromatic rings. The molecular formula is C25H35N5O2. The van der Waals surface area contributed by atoms with E-state index in [4.69, 9.17) is 0 Å². The summed E-state index contributed by atoms with van der Waals surface area (Å²) in [6.07, 6.45) is 3.26. The van der Waals surface area contributed by atoms with Crippen molar-refractivity contribution in [3.05, 3.63) is 59.7 Å². The van der Waals surface area contributed by atoms with E-state index in [1.54, 1.807) is 18.2 Å². The molecule has 7 nitrogen and oxygen atoms in total. The number of benzene rings is 2. The topological polar surface area (TPSA) is 89.0 Å². The number of nitrogens with one attached hydrogen (secondary N) is 3. The lowest BCUT2D eigenvalue weighted by Crippen LogP contribution is -2.39. The molecule has 172 valence electrons. The Morgan fingerprint density at radius 2 is 1.91 bits per heavy atom. The number of rotatable bonds is 9. The summed E-state index contributed by atoms with van der Waals surface area (Å²) in [5, 5.41) is 19.1. The normalized spacial score (nSPS) is 14.8. The van der Waals surface area contributed by atoms with Crippen LogP contribution in [0, 0.1) is 0 Å². The van der Waals surface area contributed by atoms with E-state index in [1.807, 2.05) is 6.92 Å². The SMILES string of the molecule is CCNC(=NCCCNC(=O)c1cccc(O)c1)NC(C)c1cccc(N2CCCC2)c1. The van der Waals surface area contributed by atoms with Gasteiger partial charge in [0.05, 0.1) is 6.04 Å².